The summed E-state index contributed by atoms with van der Waals surface area (Å²) >= 11 is 0. The predicted octanol–water partition coefficient (Wildman–Crippen LogP) is 3.01. The normalized spacial score (nSPS) is 18.2. The third-order valence-electron chi connectivity index (χ3n) is 3.92. The van der Waals surface area contributed by atoms with Gasteiger partial charge in [-0.3, -0.25) is 4.79 Å². The van der Waals surface area contributed by atoms with Gasteiger partial charge in [0.25, 0.3) is 0 Å². The summed E-state index contributed by atoms with van der Waals surface area (Å²) in [6.07, 6.45) is 4.13. The number of nitrogens with zero attached hydrogens (tertiary/aromatic N) is 1. The molecule has 0 bridgehead atoms. The summed E-state index contributed by atoms with van der Waals surface area (Å²) in [7, 11) is 0. The van der Waals surface area contributed by atoms with Crippen molar-refractivity contribution in [1.82, 2.24) is 10.2 Å². The average Bonchev–Trinajstić information content (AvgIpc) is 2.32. The number of likely N-dealkylation sites (tertiary alicyclic amines) is 1. The van der Waals surface area contributed by atoms with Crippen molar-refractivity contribution in [3.63, 3.8) is 0 Å². The second kappa shape index (κ2) is 7.99. The van der Waals surface area contributed by atoms with Gasteiger partial charge in [0.15, 0.2) is 0 Å². The Morgan fingerprint density at radius 3 is 2.39 bits per heavy atom. The van der Waals surface area contributed by atoms with E-state index < -0.39 is 17.1 Å². The zero-order valence-electron chi connectivity index (χ0n) is 15.1. The van der Waals surface area contributed by atoms with E-state index in [1.165, 1.54) is 12.8 Å². The summed E-state index contributed by atoms with van der Waals surface area (Å²) in [4.78, 5) is 24.8. The molecule has 0 saturated carbocycles. The van der Waals surface area contributed by atoms with Crippen LogP contribution in [-0.4, -0.2) is 52.3 Å². The minimum atomic E-state index is -0.845. The van der Waals surface area contributed by atoms with Crippen LogP contribution in [0, 0.1) is 0 Å². The lowest BCUT2D eigenvalue weighted by atomic mass is 9.85. The molecule has 1 aliphatic rings. The number of rotatable bonds is 8. The number of hydrogen-bond acceptors (Lipinski definition) is 4. The van der Waals surface area contributed by atoms with Crippen LogP contribution in [0.1, 0.15) is 66.7 Å². The van der Waals surface area contributed by atoms with Gasteiger partial charge < -0.3 is 20.1 Å². The maximum absolute atomic E-state index is 12.0. The predicted molar refractivity (Wildman–Crippen MR) is 89.5 cm³/mol. The minimum absolute atomic E-state index is 0.0183. The third-order valence-corrected chi connectivity index (χ3v) is 3.92. The Labute approximate surface area is 139 Å². The van der Waals surface area contributed by atoms with Crippen LogP contribution in [0.3, 0.4) is 0 Å². The topological polar surface area (TPSA) is 78.9 Å². The molecule has 1 rings (SSSR count). The third kappa shape index (κ3) is 6.77. The highest BCUT2D eigenvalue weighted by Crippen LogP contribution is 2.28. The number of hydrogen-bond donors (Lipinski definition) is 2. The monoisotopic (exact) mass is 328 g/mol. The van der Waals surface area contributed by atoms with Crippen molar-refractivity contribution in [2.45, 2.75) is 83.9 Å². The lowest BCUT2D eigenvalue weighted by Crippen LogP contribution is -2.72. The van der Waals surface area contributed by atoms with Gasteiger partial charge in [0.05, 0.1) is 12.0 Å². The molecule has 1 aliphatic heterocycles. The second-order valence-electron chi connectivity index (χ2n) is 7.73. The van der Waals surface area contributed by atoms with Crippen molar-refractivity contribution in [2.75, 3.05) is 13.1 Å². The van der Waals surface area contributed by atoms with Crippen LogP contribution in [0.2, 0.25) is 0 Å². The fraction of sp³-hybridized carbons (Fsp3) is 0.882. The summed E-state index contributed by atoms with van der Waals surface area (Å²) in [6, 6.07) is 0.238. The molecular formula is C17H32N2O4. The molecule has 1 amide bonds. The van der Waals surface area contributed by atoms with E-state index in [1.54, 1.807) is 4.90 Å². The Morgan fingerprint density at radius 2 is 1.91 bits per heavy atom. The maximum Gasteiger partial charge on any atom is 0.410 e. The highest BCUT2D eigenvalue weighted by molar-refractivity contribution is 5.73. The molecule has 1 atom stereocenters. The summed E-state index contributed by atoms with van der Waals surface area (Å²) in [5.74, 6) is -0.845. The van der Waals surface area contributed by atoms with Gasteiger partial charge in [0.2, 0.25) is 0 Å². The quantitative estimate of drug-likeness (QED) is 0.670. The van der Waals surface area contributed by atoms with Gasteiger partial charge >= 0.3 is 12.1 Å². The first kappa shape index (κ1) is 19.7. The Bertz CT molecular complexity index is 411. The summed E-state index contributed by atoms with van der Waals surface area (Å²) in [5, 5.41) is 12.6. The molecule has 134 valence electrons. The van der Waals surface area contributed by atoms with E-state index in [4.69, 9.17) is 4.74 Å². The molecule has 0 aromatic heterocycles. The molecule has 23 heavy (non-hydrogen) atoms. The number of carboxylic acid groups (broad SMARTS) is 1. The maximum atomic E-state index is 12.0. The summed E-state index contributed by atoms with van der Waals surface area (Å²) in [5.41, 5.74) is -1.07. The number of carboxylic acids is 1. The smallest absolute Gasteiger partial charge is 0.410 e. The molecule has 1 heterocycles. The largest absolute Gasteiger partial charge is 0.481 e. The lowest BCUT2D eigenvalue weighted by Gasteiger charge is -2.51. The number of carbonyl (C=O) groups is 2. The molecule has 0 aromatic rings. The molecular weight excluding hydrogens is 296 g/mol. The van der Waals surface area contributed by atoms with Gasteiger partial charge in [-0.05, 0) is 34.1 Å². The first-order valence-electron chi connectivity index (χ1n) is 8.54. The van der Waals surface area contributed by atoms with Gasteiger partial charge in [-0.2, -0.15) is 0 Å². The first-order chi connectivity index (χ1) is 10.6. The van der Waals surface area contributed by atoms with Crippen molar-refractivity contribution in [2.24, 2.45) is 0 Å². The molecule has 2 N–H and O–H groups in total. The SMILES string of the molecule is CCCCCC(C)NC1(CC(=O)O)CN(C(=O)OC(C)(C)C)C1. The van der Waals surface area contributed by atoms with Crippen LogP contribution in [0.5, 0.6) is 0 Å². The second-order valence-corrected chi connectivity index (χ2v) is 7.73. The van der Waals surface area contributed by atoms with E-state index in [-0.39, 0.29) is 18.6 Å². The fourth-order valence-electron chi connectivity index (χ4n) is 2.98. The molecule has 1 saturated heterocycles. The van der Waals surface area contributed by atoms with Crippen LogP contribution < -0.4 is 5.32 Å². The van der Waals surface area contributed by atoms with Crippen LogP contribution in [0.25, 0.3) is 0 Å². The van der Waals surface area contributed by atoms with E-state index in [2.05, 4.69) is 19.2 Å². The average molecular weight is 328 g/mol. The zero-order chi connectivity index (χ0) is 17.7. The highest BCUT2D eigenvalue weighted by Gasteiger charge is 2.48. The minimum Gasteiger partial charge on any atom is -0.481 e. The van der Waals surface area contributed by atoms with Gasteiger partial charge in [0, 0.05) is 19.1 Å². The summed E-state index contributed by atoms with van der Waals surface area (Å²) < 4.78 is 5.34. The van der Waals surface area contributed by atoms with Gasteiger partial charge in [-0.15, -0.1) is 0 Å². The Morgan fingerprint density at radius 1 is 1.30 bits per heavy atom. The number of unbranched alkanes of at least 4 members (excludes halogenated alkanes) is 2. The number of aliphatic carboxylic acids is 1. The van der Waals surface area contributed by atoms with Crippen LogP contribution in [0.15, 0.2) is 0 Å². The standard InChI is InChI=1S/C17H32N2O4/c1-6-7-8-9-13(2)18-17(10-14(20)21)11-19(12-17)15(22)23-16(3,4)5/h13,18H,6-12H2,1-5H3,(H,20,21). The lowest BCUT2D eigenvalue weighted by molar-refractivity contribution is -0.141. The van der Waals surface area contributed by atoms with E-state index >= 15 is 0 Å². The summed E-state index contributed by atoms with van der Waals surface area (Å²) in [6.45, 7) is 10.5. The van der Waals surface area contributed by atoms with Gasteiger partial charge in [-0.25, -0.2) is 4.79 Å². The van der Waals surface area contributed by atoms with Crippen molar-refractivity contribution in [1.29, 1.82) is 0 Å². The number of ether oxygens (including phenoxy) is 1. The van der Waals surface area contributed by atoms with Crippen LogP contribution in [0.4, 0.5) is 4.79 Å². The molecule has 6 heteroatoms. The van der Waals surface area contributed by atoms with Crippen LogP contribution >= 0.6 is 0 Å². The molecule has 0 radical (unpaired) electrons. The van der Waals surface area contributed by atoms with Crippen molar-refractivity contribution in [3.05, 3.63) is 0 Å². The van der Waals surface area contributed by atoms with Gasteiger partial charge in [-0.1, -0.05) is 26.2 Å². The van der Waals surface area contributed by atoms with Gasteiger partial charge in [0.1, 0.15) is 5.60 Å². The molecule has 1 unspecified atom stereocenters. The molecule has 0 aliphatic carbocycles. The van der Waals surface area contributed by atoms with Crippen molar-refractivity contribution >= 4 is 12.1 Å². The fourth-order valence-corrected chi connectivity index (χ4v) is 2.98. The Kier molecular flexibility index (Phi) is 6.86. The first-order valence-corrected chi connectivity index (χ1v) is 8.54. The zero-order valence-corrected chi connectivity index (χ0v) is 15.1. The van der Waals surface area contributed by atoms with E-state index in [0.717, 1.165) is 12.8 Å². The van der Waals surface area contributed by atoms with Crippen LogP contribution in [-0.2, 0) is 9.53 Å². The van der Waals surface area contributed by atoms with E-state index in [1.807, 2.05) is 20.8 Å². The van der Waals surface area contributed by atoms with E-state index in [0.29, 0.717) is 13.1 Å². The molecule has 0 spiro atoms. The number of amides is 1. The molecule has 6 nitrogen and oxygen atoms in total. The molecule has 0 aromatic carbocycles. The number of nitrogens with one attached hydrogen (secondary N) is 1. The van der Waals surface area contributed by atoms with Crippen molar-refractivity contribution in [3.8, 4) is 0 Å². The van der Waals surface area contributed by atoms with E-state index in [9.17, 15) is 14.7 Å². The highest BCUT2D eigenvalue weighted by atomic mass is 16.6. The number of carbonyl (C=O) groups excluding carboxylic acids is 1. The van der Waals surface area contributed by atoms with Crippen molar-refractivity contribution < 1.29 is 19.4 Å². The molecule has 1 fully saturated rings. The Hall–Kier alpha value is -1.30. The Balaban J connectivity index is 2.56.